The van der Waals surface area contributed by atoms with Gasteiger partial charge in [-0.05, 0) is 36.2 Å². The van der Waals surface area contributed by atoms with Crippen LogP contribution in [0.4, 0.5) is 0 Å². The fourth-order valence-electron chi connectivity index (χ4n) is 2.10. The van der Waals surface area contributed by atoms with Crippen molar-refractivity contribution < 1.29 is 19.0 Å². The second-order valence-electron chi connectivity index (χ2n) is 5.30. The second kappa shape index (κ2) is 10.1. The van der Waals surface area contributed by atoms with E-state index < -0.39 is 0 Å². The van der Waals surface area contributed by atoms with Gasteiger partial charge in [0.15, 0.2) is 0 Å². The Labute approximate surface area is 150 Å². The van der Waals surface area contributed by atoms with Crippen molar-refractivity contribution in [3.05, 3.63) is 64.6 Å². The summed E-state index contributed by atoms with van der Waals surface area (Å²) in [6.07, 6.45) is 0.670. The zero-order valence-corrected chi connectivity index (χ0v) is 15.2. The van der Waals surface area contributed by atoms with Gasteiger partial charge in [0.2, 0.25) is 0 Å². The summed E-state index contributed by atoms with van der Waals surface area (Å²) in [6.45, 7) is 0.856. The quantitative estimate of drug-likeness (QED) is 0.594. The topological polar surface area (TPSA) is 44.8 Å². The fourth-order valence-corrected chi connectivity index (χ4v) is 2.36. The van der Waals surface area contributed by atoms with Crippen molar-refractivity contribution >= 4 is 21.9 Å². The van der Waals surface area contributed by atoms with Crippen molar-refractivity contribution in [1.29, 1.82) is 0 Å². The highest BCUT2D eigenvalue weighted by Gasteiger charge is 2.14. The number of hydrogen-bond acceptors (Lipinski definition) is 4. The largest absolute Gasteiger partial charge is 0.491 e. The van der Waals surface area contributed by atoms with E-state index in [9.17, 15) is 4.79 Å². The highest BCUT2D eigenvalue weighted by atomic mass is 79.9. The van der Waals surface area contributed by atoms with Crippen LogP contribution in [0, 0.1) is 0 Å². The molecule has 2 rings (SSSR count). The molecule has 0 bridgehead atoms. The lowest BCUT2D eigenvalue weighted by Crippen LogP contribution is -2.23. The number of benzene rings is 2. The third kappa shape index (κ3) is 6.72. The molecule has 0 N–H and O–H groups in total. The van der Waals surface area contributed by atoms with Crippen LogP contribution in [0.2, 0.25) is 0 Å². The SMILES string of the molecule is COC(=O)CCC(COc1ccccc1)OCc1ccc(Br)cc1. The first-order valence-electron chi connectivity index (χ1n) is 7.78. The maximum absolute atomic E-state index is 11.4. The number of esters is 1. The first kappa shape index (κ1) is 18.5. The highest BCUT2D eigenvalue weighted by molar-refractivity contribution is 9.10. The van der Waals surface area contributed by atoms with Crippen molar-refractivity contribution in [1.82, 2.24) is 0 Å². The van der Waals surface area contributed by atoms with Gasteiger partial charge in [-0.25, -0.2) is 0 Å². The molecule has 0 spiro atoms. The van der Waals surface area contributed by atoms with Crippen LogP contribution in [-0.4, -0.2) is 25.8 Å². The fraction of sp³-hybridized carbons (Fsp3) is 0.316. The summed E-state index contributed by atoms with van der Waals surface area (Å²) < 4.78 is 17.4. The summed E-state index contributed by atoms with van der Waals surface area (Å²) in [6, 6.07) is 17.5. The van der Waals surface area contributed by atoms with E-state index in [0.29, 0.717) is 26.1 Å². The number of ether oxygens (including phenoxy) is 3. The molecule has 5 heteroatoms. The van der Waals surface area contributed by atoms with E-state index in [2.05, 4.69) is 15.9 Å². The van der Waals surface area contributed by atoms with Crippen LogP contribution in [0.15, 0.2) is 59.1 Å². The standard InChI is InChI=1S/C19H21BrO4/c1-22-19(21)12-11-18(14-24-17-5-3-2-4-6-17)23-13-15-7-9-16(20)10-8-15/h2-10,18H,11-14H2,1H3. The lowest BCUT2D eigenvalue weighted by molar-refractivity contribution is -0.141. The van der Waals surface area contributed by atoms with Crippen LogP contribution in [0.25, 0.3) is 0 Å². The van der Waals surface area contributed by atoms with Crippen LogP contribution in [0.3, 0.4) is 0 Å². The Morgan fingerprint density at radius 2 is 1.79 bits per heavy atom. The summed E-state index contributed by atoms with van der Waals surface area (Å²) in [7, 11) is 1.39. The molecular formula is C19H21BrO4. The average Bonchev–Trinajstić information content (AvgIpc) is 2.63. The Hall–Kier alpha value is -1.85. The Morgan fingerprint density at radius 1 is 1.08 bits per heavy atom. The van der Waals surface area contributed by atoms with Gasteiger partial charge in [0, 0.05) is 10.9 Å². The first-order valence-corrected chi connectivity index (χ1v) is 8.57. The van der Waals surface area contributed by atoms with Crippen LogP contribution >= 0.6 is 15.9 Å². The summed E-state index contributed by atoms with van der Waals surface area (Å²) in [5, 5.41) is 0. The molecule has 128 valence electrons. The van der Waals surface area contributed by atoms with E-state index in [1.165, 1.54) is 7.11 Å². The summed E-state index contributed by atoms with van der Waals surface area (Å²) in [4.78, 5) is 11.4. The van der Waals surface area contributed by atoms with Gasteiger partial charge in [0.25, 0.3) is 0 Å². The molecule has 0 radical (unpaired) electrons. The molecule has 0 saturated heterocycles. The predicted octanol–water partition coefficient (Wildman–Crippen LogP) is 4.37. The maximum Gasteiger partial charge on any atom is 0.305 e. The molecule has 0 aliphatic carbocycles. The summed E-state index contributed by atoms with van der Waals surface area (Å²) in [5.41, 5.74) is 1.07. The monoisotopic (exact) mass is 392 g/mol. The lowest BCUT2D eigenvalue weighted by Gasteiger charge is -2.18. The van der Waals surface area contributed by atoms with Crippen molar-refractivity contribution in [3.8, 4) is 5.75 Å². The van der Waals surface area contributed by atoms with E-state index in [-0.39, 0.29) is 12.1 Å². The number of carbonyl (C=O) groups excluding carboxylic acids is 1. The van der Waals surface area contributed by atoms with E-state index in [1.807, 2.05) is 54.6 Å². The predicted molar refractivity (Wildman–Crippen MR) is 95.9 cm³/mol. The second-order valence-corrected chi connectivity index (χ2v) is 6.21. The first-order chi connectivity index (χ1) is 11.7. The van der Waals surface area contributed by atoms with Gasteiger partial charge in [-0.15, -0.1) is 0 Å². The highest BCUT2D eigenvalue weighted by Crippen LogP contribution is 2.15. The third-order valence-corrected chi connectivity index (χ3v) is 4.00. The van der Waals surface area contributed by atoms with Crippen LogP contribution in [0.5, 0.6) is 5.75 Å². The zero-order valence-electron chi connectivity index (χ0n) is 13.6. The van der Waals surface area contributed by atoms with Gasteiger partial charge in [-0.3, -0.25) is 4.79 Å². The molecule has 2 aromatic rings. The average molecular weight is 393 g/mol. The normalized spacial score (nSPS) is 11.8. The van der Waals surface area contributed by atoms with Crippen molar-refractivity contribution in [3.63, 3.8) is 0 Å². The van der Waals surface area contributed by atoms with Crippen molar-refractivity contribution in [2.75, 3.05) is 13.7 Å². The molecule has 0 saturated carbocycles. The van der Waals surface area contributed by atoms with Crippen molar-refractivity contribution in [2.24, 2.45) is 0 Å². The van der Waals surface area contributed by atoms with E-state index in [4.69, 9.17) is 14.2 Å². The molecule has 0 heterocycles. The van der Waals surface area contributed by atoms with Crippen molar-refractivity contribution in [2.45, 2.75) is 25.6 Å². The lowest BCUT2D eigenvalue weighted by atomic mass is 10.2. The minimum Gasteiger partial charge on any atom is -0.491 e. The molecule has 0 fully saturated rings. The van der Waals surface area contributed by atoms with E-state index >= 15 is 0 Å². The summed E-state index contributed by atoms with van der Waals surface area (Å²) >= 11 is 3.41. The molecule has 4 nitrogen and oxygen atoms in total. The molecule has 1 atom stereocenters. The van der Waals surface area contributed by atoms with Gasteiger partial charge >= 0.3 is 5.97 Å². The Kier molecular flexibility index (Phi) is 7.79. The Bertz CT molecular complexity index is 613. The smallest absolute Gasteiger partial charge is 0.305 e. The van der Waals surface area contributed by atoms with Crippen LogP contribution < -0.4 is 4.74 Å². The van der Waals surface area contributed by atoms with Crippen LogP contribution in [0.1, 0.15) is 18.4 Å². The van der Waals surface area contributed by atoms with Gasteiger partial charge in [0.1, 0.15) is 12.4 Å². The number of methoxy groups -OCH3 is 1. The van der Waals surface area contributed by atoms with Gasteiger partial charge in [-0.1, -0.05) is 46.3 Å². The van der Waals surface area contributed by atoms with E-state index in [1.54, 1.807) is 0 Å². The molecular weight excluding hydrogens is 372 g/mol. The molecule has 24 heavy (non-hydrogen) atoms. The Balaban J connectivity index is 1.88. The van der Waals surface area contributed by atoms with Crippen LogP contribution in [-0.2, 0) is 20.9 Å². The number of para-hydroxylation sites is 1. The molecule has 0 amide bonds. The summed E-state index contributed by atoms with van der Waals surface area (Å²) in [5.74, 6) is 0.541. The van der Waals surface area contributed by atoms with Gasteiger partial charge in [0.05, 0.1) is 19.8 Å². The van der Waals surface area contributed by atoms with E-state index in [0.717, 1.165) is 15.8 Å². The maximum atomic E-state index is 11.4. The minimum absolute atomic E-state index is 0.187. The molecule has 0 aliphatic rings. The number of halogens is 1. The zero-order chi connectivity index (χ0) is 17.2. The molecule has 0 aliphatic heterocycles. The number of carbonyl (C=O) groups is 1. The van der Waals surface area contributed by atoms with Gasteiger partial charge in [-0.2, -0.15) is 0 Å². The third-order valence-electron chi connectivity index (χ3n) is 3.48. The minimum atomic E-state index is -0.244. The Morgan fingerprint density at radius 3 is 2.46 bits per heavy atom. The molecule has 0 aromatic heterocycles. The van der Waals surface area contributed by atoms with Gasteiger partial charge < -0.3 is 14.2 Å². The molecule has 2 aromatic carbocycles. The molecule has 1 unspecified atom stereocenters. The number of hydrogen-bond donors (Lipinski definition) is 0. The number of rotatable bonds is 9.